The summed E-state index contributed by atoms with van der Waals surface area (Å²) in [5, 5.41) is 1.33. The van der Waals surface area contributed by atoms with E-state index in [1.165, 1.54) is 12.1 Å². The van der Waals surface area contributed by atoms with Crippen molar-refractivity contribution in [1.82, 2.24) is 0 Å². The lowest BCUT2D eigenvalue weighted by Gasteiger charge is -2.10. The Morgan fingerprint density at radius 1 is 1.16 bits per heavy atom. The van der Waals surface area contributed by atoms with E-state index in [1.54, 1.807) is 12.1 Å². The minimum Gasteiger partial charge on any atom is -0.355 e. The van der Waals surface area contributed by atoms with Crippen LogP contribution in [0.15, 0.2) is 48.5 Å². The fourth-order valence-electron chi connectivity index (χ4n) is 2.31. The Labute approximate surface area is 124 Å². The summed E-state index contributed by atoms with van der Waals surface area (Å²) >= 11 is 9.69. The maximum absolute atomic E-state index is 13.0. The van der Waals surface area contributed by atoms with Crippen molar-refractivity contribution in [3.8, 4) is 0 Å². The summed E-state index contributed by atoms with van der Waals surface area (Å²) in [6.45, 7) is 0. The van der Waals surface area contributed by atoms with Crippen LogP contribution < -0.4 is 0 Å². The standard InChI is InChI=1S/C15H11BrClFO/c16-9-15(10-5-7-11(18)8-6-10)14(19-15)12-3-1-2-4-13(12)17/h1-8,14H,9H2/t14-,15-/m1/s1. The second-order valence-corrected chi connectivity index (χ2v) is 5.52. The van der Waals surface area contributed by atoms with Crippen LogP contribution in [0.5, 0.6) is 0 Å². The van der Waals surface area contributed by atoms with Gasteiger partial charge in [-0.3, -0.25) is 0 Å². The van der Waals surface area contributed by atoms with Gasteiger partial charge in [0.1, 0.15) is 17.5 Å². The third-order valence-corrected chi connectivity index (χ3v) is 4.59. The zero-order valence-electron chi connectivity index (χ0n) is 9.95. The molecular weight excluding hydrogens is 331 g/mol. The third-order valence-electron chi connectivity index (χ3n) is 3.41. The molecule has 98 valence electrons. The van der Waals surface area contributed by atoms with E-state index in [1.807, 2.05) is 24.3 Å². The van der Waals surface area contributed by atoms with Crippen LogP contribution in [-0.2, 0) is 10.3 Å². The molecule has 19 heavy (non-hydrogen) atoms. The van der Waals surface area contributed by atoms with E-state index in [-0.39, 0.29) is 11.9 Å². The van der Waals surface area contributed by atoms with Gasteiger partial charge < -0.3 is 4.74 Å². The van der Waals surface area contributed by atoms with Gasteiger partial charge in [-0.15, -0.1) is 0 Å². The largest absolute Gasteiger partial charge is 0.355 e. The number of benzene rings is 2. The molecule has 1 heterocycles. The second kappa shape index (κ2) is 4.89. The van der Waals surface area contributed by atoms with E-state index in [9.17, 15) is 4.39 Å². The van der Waals surface area contributed by atoms with E-state index in [4.69, 9.17) is 16.3 Å². The lowest BCUT2D eigenvalue weighted by atomic mass is 9.93. The minimum atomic E-state index is -0.446. The predicted octanol–water partition coefficient (Wildman–Crippen LogP) is 4.84. The molecule has 0 N–H and O–H groups in total. The van der Waals surface area contributed by atoms with Gasteiger partial charge in [-0.1, -0.05) is 57.9 Å². The normalized spacial score (nSPS) is 25.3. The summed E-state index contributed by atoms with van der Waals surface area (Å²) in [5.74, 6) is -0.247. The summed E-state index contributed by atoms with van der Waals surface area (Å²) in [4.78, 5) is 0. The first-order chi connectivity index (χ1) is 9.17. The van der Waals surface area contributed by atoms with Gasteiger partial charge in [0, 0.05) is 15.9 Å². The van der Waals surface area contributed by atoms with Crippen molar-refractivity contribution in [2.75, 3.05) is 5.33 Å². The first-order valence-corrected chi connectivity index (χ1v) is 7.41. The Morgan fingerprint density at radius 3 is 2.47 bits per heavy atom. The molecule has 1 saturated heterocycles. The number of ether oxygens (including phenoxy) is 1. The molecule has 0 unspecified atom stereocenters. The summed E-state index contributed by atoms with van der Waals surface area (Å²) in [5.41, 5.74) is 1.47. The van der Waals surface area contributed by atoms with Gasteiger partial charge in [-0.2, -0.15) is 0 Å². The fourth-order valence-corrected chi connectivity index (χ4v) is 3.29. The fraction of sp³-hybridized carbons (Fsp3) is 0.200. The Morgan fingerprint density at radius 2 is 1.84 bits per heavy atom. The zero-order chi connectivity index (χ0) is 13.5. The molecule has 0 spiro atoms. The molecule has 1 aliphatic rings. The van der Waals surface area contributed by atoms with Crippen molar-refractivity contribution in [2.45, 2.75) is 11.7 Å². The van der Waals surface area contributed by atoms with Crippen LogP contribution in [0.25, 0.3) is 0 Å². The first-order valence-electron chi connectivity index (χ1n) is 5.91. The molecule has 1 nitrogen and oxygen atoms in total. The Hall–Kier alpha value is -0.900. The van der Waals surface area contributed by atoms with Crippen molar-refractivity contribution in [1.29, 1.82) is 0 Å². The lowest BCUT2D eigenvalue weighted by molar-refractivity contribution is 0.318. The maximum atomic E-state index is 13.0. The van der Waals surface area contributed by atoms with Gasteiger partial charge >= 0.3 is 0 Å². The SMILES string of the molecule is Fc1ccc([C@@]2(CBr)O[C@@H]2c2ccccc2Cl)cc1. The summed E-state index contributed by atoms with van der Waals surface area (Å²) < 4.78 is 18.9. The van der Waals surface area contributed by atoms with E-state index >= 15 is 0 Å². The van der Waals surface area contributed by atoms with E-state index in [2.05, 4.69) is 15.9 Å². The molecule has 2 atom stereocenters. The van der Waals surface area contributed by atoms with Crippen molar-refractivity contribution < 1.29 is 9.13 Å². The van der Waals surface area contributed by atoms with Gasteiger partial charge in [-0.25, -0.2) is 4.39 Å². The van der Waals surface area contributed by atoms with Crippen LogP contribution in [0.1, 0.15) is 17.2 Å². The van der Waals surface area contributed by atoms with Gasteiger partial charge in [0.05, 0.1) is 0 Å². The number of halogens is 3. The average Bonchev–Trinajstić information content (AvgIpc) is 3.16. The Balaban J connectivity index is 1.96. The van der Waals surface area contributed by atoms with Gasteiger partial charge in [0.2, 0.25) is 0 Å². The van der Waals surface area contributed by atoms with E-state index in [0.29, 0.717) is 10.4 Å². The average molecular weight is 342 g/mol. The lowest BCUT2D eigenvalue weighted by Crippen LogP contribution is -2.12. The van der Waals surface area contributed by atoms with Crippen molar-refractivity contribution in [2.24, 2.45) is 0 Å². The molecule has 3 rings (SSSR count). The van der Waals surface area contributed by atoms with Gasteiger partial charge in [0.15, 0.2) is 0 Å². The van der Waals surface area contributed by atoms with Crippen LogP contribution in [0.2, 0.25) is 5.02 Å². The van der Waals surface area contributed by atoms with Crippen LogP contribution in [0.3, 0.4) is 0 Å². The third kappa shape index (κ3) is 2.20. The van der Waals surface area contributed by atoms with Gasteiger partial charge in [-0.05, 0) is 23.8 Å². The molecule has 0 aromatic heterocycles. The molecule has 4 heteroatoms. The first kappa shape index (κ1) is 13.1. The van der Waals surface area contributed by atoms with Crippen LogP contribution in [0, 0.1) is 5.82 Å². The highest BCUT2D eigenvalue weighted by atomic mass is 79.9. The summed E-state index contributed by atoms with van der Waals surface area (Å²) in [7, 11) is 0. The molecular formula is C15H11BrClFO. The highest BCUT2D eigenvalue weighted by Gasteiger charge is 2.58. The molecule has 2 aromatic rings. The number of rotatable bonds is 3. The maximum Gasteiger partial charge on any atom is 0.134 e. The molecule has 2 aromatic carbocycles. The zero-order valence-corrected chi connectivity index (χ0v) is 12.3. The number of epoxide rings is 1. The highest BCUT2D eigenvalue weighted by molar-refractivity contribution is 9.09. The molecule has 0 radical (unpaired) electrons. The topological polar surface area (TPSA) is 12.5 Å². The van der Waals surface area contributed by atoms with E-state index < -0.39 is 5.60 Å². The summed E-state index contributed by atoms with van der Waals surface area (Å²) in [6, 6.07) is 14.1. The highest BCUT2D eigenvalue weighted by Crippen LogP contribution is 2.59. The second-order valence-electron chi connectivity index (χ2n) is 4.55. The molecule has 1 aliphatic heterocycles. The summed E-state index contributed by atoms with van der Waals surface area (Å²) in [6.07, 6.45) is -0.0916. The van der Waals surface area contributed by atoms with Crippen LogP contribution in [-0.4, -0.2) is 5.33 Å². The smallest absolute Gasteiger partial charge is 0.134 e. The molecule has 1 fully saturated rings. The number of hydrogen-bond donors (Lipinski definition) is 0. The monoisotopic (exact) mass is 340 g/mol. The quantitative estimate of drug-likeness (QED) is 0.575. The minimum absolute atomic E-state index is 0.0916. The van der Waals surface area contributed by atoms with Crippen LogP contribution >= 0.6 is 27.5 Å². The Bertz CT molecular complexity index is 601. The van der Waals surface area contributed by atoms with E-state index in [0.717, 1.165) is 11.1 Å². The van der Waals surface area contributed by atoms with Crippen LogP contribution in [0.4, 0.5) is 4.39 Å². The van der Waals surface area contributed by atoms with Gasteiger partial charge in [0.25, 0.3) is 0 Å². The van der Waals surface area contributed by atoms with Crippen molar-refractivity contribution >= 4 is 27.5 Å². The number of alkyl halides is 1. The van der Waals surface area contributed by atoms with Crippen molar-refractivity contribution in [3.63, 3.8) is 0 Å². The molecule has 0 amide bonds. The molecule has 0 saturated carbocycles. The number of hydrogen-bond acceptors (Lipinski definition) is 1. The van der Waals surface area contributed by atoms with Crippen molar-refractivity contribution in [3.05, 3.63) is 70.5 Å². The molecule has 0 aliphatic carbocycles. The Kier molecular flexibility index (Phi) is 3.37. The predicted molar refractivity (Wildman–Crippen MR) is 77.2 cm³/mol. The molecule has 0 bridgehead atoms.